The van der Waals surface area contributed by atoms with Crippen LogP contribution in [0.2, 0.25) is 0 Å². The molecule has 4 nitrogen and oxygen atoms in total. The average molecular weight is 360 g/mol. The smallest absolute Gasteiger partial charge is 0.410 e. The normalized spacial score (nSPS) is 18.7. The average Bonchev–Trinajstić information content (AvgIpc) is 2.72. The first-order chi connectivity index (χ1) is 12.7. The van der Waals surface area contributed by atoms with E-state index in [1.807, 2.05) is 30.3 Å². The molecule has 1 aromatic carbocycles. The van der Waals surface area contributed by atoms with Crippen LogP contribution in [0.5, 0.6) is 0 Å². The van der Waals surface area contributed by atoms with Crippen LogP contribution in [0.4, 0.5) is 9.18 Å². The highest BCUT2D eigenvalue weighted by Gasteiger charge is 2.24. The highest BCUT2D eigenvalue weighted by Crippen LogP contribution is 2.26. The fourth-order valence-electron chi connectivity index (χ4n) is 3.69. The highest BCUT2D eigenvalue weighted by atomic mass is 19.1. The van der Waals surface area contributed by atoms with Crippen LogP contribution in [0.25, 0.3) is 0 Å². The van der Waals surface area contributed by atoms with Crippen molar-refractivity contribution in [3.05, 3.63) is 47.3 Å². The van der Waals surface area contributed by atoms with E-state index in [1.165, 1.54) is 6.42 Å². The van der Waals surface area contributed by atoms with Gasteiger partial charge in [0.15, 0.2) is 0 Å². The third-order valence-corrected chi connectivity index (χ3v) is 5.34. The Bertz CT molecular complexity index is 602. The molecule has 5 heteroatoms. The van der Waals surface area contributed by atoms with Crippen molar-refractivity contribution in [3.63, 3.8) is 0 Å². The minimum atomic E-state index is -0.261. The van der Waals surface area contributed by atoms with E-state index < -0.39 is 0 Å². The van der Waals surface area contributed by atoms with Crippen LogP contribution in [-0.2, 0) is 11.3 Å². The Labute approximate surface area is 155 Å². The quantitative estimate of drug-likeness (QED) is 0.837. The number of carbonyl (C=O) groups is 1. The number of hydrogen-bond acceptors (Lipinski definition) is 3. The molecule has 0 unspecified atom stereocenters. The molecule has 1 saturated carbocycles. The second-order valence-electron chi connectivity index (χ2n) is 7.25. The van der Waals surface area contributed by atoms with E-state index in [1.54, 1.807) is 4.90 Å². The maximum atomic E-state index is 14.2. The van der Waals surface area contributed by atoms with Crippen molar-refractivity contribution in [2.24, 2.45) is 0 Å². The van der Waals surface area contributed by atoms with Gasteiger partial charge in [-0.15, -0.1) is 0 Å². The van der Waals surface area contributed by atoms with Gasteiger partial charge in [-0.1, -0.05) is 36.8 Å². The molecular formula is C21H29FN2O2. The molecule has 0 atom stereocenters. The summed E-state index contributed by atoms with van der Waals surface area (Å²) in [6.45, 7) is 1.95. The first-order valence-electron chi connectivity index (χ1n) is 9.78. The molecule has 26 heavy (non-hydrogen) atoms. The van der Waals surface area contributed by atoms with Gasteiger partial charge in [0.1, 0.15) is 12.4 Å². The van der Waals surface area contributed by atoms with Crippen molar-refractivity contribution in [2.75, 3.05) is 19.6 Å². The summed E-state index contributed by atoms with van der Waals surface area (Å²) >= 11 is 0. The first kappa shape index (κ1) is 18.9. The van der Waals surface area contributed by atoms with Crippen LogP contribution >= 0.6 is 0 Å². The van der Waals surface area contributed by atoms with Gasteiger partial charge in [0.05, 0.1) is 0 Å². The maximum Gasteiger partial charge on any atom is 0.410 e. The zero-order chi connectivity index (χ0) is 18.2. The summed E-state index contributed by atoms with van der Waals surface area (Å²) < 4.78 is 19.6. The van der Waals surface area contributed by atoms with E-state index in [0.717, 1.165) is 49.7 Å². The van der Waals surface area contributed by atoms with Crippen LogP contribution in [0.15, 0.2) is 41.7 Å². The second kappa shape index (κ2) is 9.72. The van der Waals surface area contributed by atoms with Gasteiger partial charge >= 0.3 is 6.09 Å². The standard InChI is InChI=1S/C21H29FN2O2/c22-20(18-9-5-2-6-10-18)15-23-19-11-13-24(14-12-19)21(25)26-16-17-7-3-1-4-8-17/h1,3-4,7-8,19,23H,2,5-6,9-16H2. The molecule has 1 aliphatic heterocycles. The Hall–Kier alpha value is -1.88. The topological polar surface area (TPSA) is 41.6 Å². The number of allylic oxidation sites excluding steroid dienone is 1. The molecule has 142 valence electrons. The fourth-order valence-corrected chi connectivity index (χ4v) is 3.69. The third kappa shape index (κ3) is 5.56. The molecule has 1 amide bonds. The van der Waals surface area contributed by atoms with E-state index in [0.29, 0.717) is 26.2 Å². The van der Waals surface area contributed by atoms with E-state index in [9.17, 15) is 9.18 Å². The summed E-state index contributed by atoms with van der Waals surface area (Å²) in [6, 6.07) is 9.96. The number of piperidine rings is 1. The Morgan fingerprint density at radius 3 is 2.50 bits per heavy atom. The fraction of sp³-hybridized carbons (Fsp3) is 0.571. The van der Waals surface area contributed by atoms with E-state index in [-0.39, 0.29) is 18.0 Å². The van der Waals surface area contributed by atoms with Gasteiger partial charge in [0.2, 0.25) is 0 Å². The summed E-state index contributed by atoms with van der Waals surface area (Å²) in [6.07, 6.45) is 6.70. The summed E-state index contributed by atoms with van der Waals surface area (Å²) in [5.41, 5.74) is 1.99. The van der Waals surface area contributed by atoms with E-state index in [4.69, 9.17) is 4.74 Å². The molecule has 0 spiro atoms. The van der Waals surface area contributed by atoms with Gasteiger partial charge in [-0.2, -0.15) is 0 Å². The van der Waals surface area contributed by atoms with Gasteiger partial charge < -0.3 is 15.0 Å². The van der Waals surface area contributed by atoms with E-state index >= 15 is 0 Å². The Balaban J connectivity index is 1.36. The van der Waals surface area contributed by atoms with Crippen molar-refractivity contribution < 1.29 is 13.9 Å². The van der Waals surface area contributed by atoms with Crippen LogP contribution in [-0.4, -0.2) is 36.7 Å². The number of carbonyl (C=O) groups excluding carboxylic acids is 1. The van der Waals surface area contributed by atoms with Gasteiger partial charge in [0, 0.05) is 25.7 Å². The molecule has 0 radical (unpaired) electrons. The van der Waals surface area contributed by atoms with Gasteiger partial charge in [0.25, 0.3) is 0 Å². The maximum absolute atomic E-state index is 14.2. The minimum Gasteiger partial charge on any atom is -0.445 e. The SMILES string of the molecule is O=C(OCc1ccccc1)N1CCC(NCC(F)=C2CCCCC2)CC1. The molecule has 1 saturated heterocycles. The predicted molar refractivity (Wildman–Crippen MR) is 100 cm³/mol. The molecule has 1 aromatic rings. The molecule has 0 bridgehead atoms. The third-order valence-electron chi connectivity index (χ3n) is 5.34. The summed E-state index contributed by atoms with van der Waals surface area (Å²) in [7, 11) is 0. The van der Waals surface area contributed by atoms with Gasteiger partial charge in [-0.25, -0.2) is 9.18 Å². The molecule has 1 N–H and O–H groups in total. The lowest BCUT2D eigenvalue weighted by molar-refractivity contribution is 0.0854. The van der Waals surface area contributed by atoms with Gasteiger partial charge in [-0.05, 0) is 49.7 Å². The lowest BCUT2D eigenvalue weighted by Gasteiger charge is -2.32. The zero-order valence-electron chi connectivity index (χ0n) is 15.4. The van der Waals surface area contributed by atoms with Crippen LogP contribution in [0, 0.1) is 0 Å². The summed E-state index contributed by atoms with van der Waals surface area (Å²) in [5, 5.41) is 3.32. The molecule has 3 rings (SSSR count). The molecular weight excluding hydrogens is 331 g/mol. The highest BCUT2D eigenvalue weighted by molar-refractivity contribution is 5.67. The number of nitrogens with zero attached hydrogens (tertiary/aromatic N) is 1. The zero-order valence-corrected chi connectivity index (χ0v) is 15.4. The first-order valence-corrected chi connectivity index (χ1v) is 9.78. The number of hydrogen-bond donors (Lipinski definition) is 1. The Kier molecular flexibility index (Phi) is 7.06. The predicted octanol–water partition coefficient (Wildman–Crippen LogP) is 4.56. The van der Waals surface area contributed by atoms with Crippen LogP contribution < -0.4 is 5.32 Å². The van der Waals surface area contributed by atoms with Crippen molar-refractivity contribution >= 4 is 6.09 Å². The number of nitrogens with one attached hydrogen (secondary N) is 1. The lowest BCUT2D eigenvalue weighted by atomic mass is 9.94. The Morgan fingerprint density at radius 1 is 1.12 bits per heavy atom. The number of benzene rings is 1. The monoisotopic (exact) mass is 360 g/mol. The number of rotatable bonds is 5. The van der Waals surface area contributed by atoms with Crippen molar-refractivity contribution in [1.29, 1.82) is 0 Å². The van der Waals surface area contributed by atoms with Gasteiger partial charge in [-0.3, -0.25) is 0 Å². The lowest BCUT2D eigenvalue weighted by Crippen LogP contribution is -2.45. The molecule has 1 aliphatic carbocycles. The largest absolute Gasteiger partial charge is 0.445 e. The molecule has 2 fully saturated rings. The van der Waals surface area contributed by atoms with Crippen LogP contribution in [0.1, 0.15) is 50.5 Å². The minimum absolute atomic E-state index is 0.0365. The van der Waals surface area contributed by atoms with Crippen LogP contribution in [0.3, 0.4) is 0 Å². The molecule has 2 aliphatic rings. The molecule has 1 heterocycles. The van der Waals surface area contributed by atoms with Crippen molar-refractivity contribution in [3.8, 4) is 0 Å². The summed E-state index contributed by atoms with van der Waals surface area (Å²) in [5.74, 6) is 0.0365. The number of ether oxygens (including phenoxy) is 1. The summed E-state index contributed by atoms with van der Waals surface area (Å²) in [4.78, 5) is 13.9. The van der Waals surface area contributed by atoms with Crippen molar-refractivity contribution in [2.45, 2.75) is 57.6 Å². The second-order valence-corrected chi connectivity index (χ2v) is 7.25. The Morgan fingerprint density at radius 2 is 1.81 bits per heavy atom. The number of likely N-dealkylation sites (tertiary alicyclic amines) is 1. The van der Waals surface area contributed by atoms with E-state index in [2.05, 4.69) is 5.32 Å². The number of halogens is 1. The van der Waals surface area contributed by atoms with Crippen molar-refractivity contribution in [1.82, 2.24) is 10.2 Å². The molecule has 0 aromatic heterocycles. The number of amides is 1.